The highest BCUT2D eigenvalue weighted by Gasteiger charge is 2.32. The summed E-state index contributed by atoms with van der Waals surface area (Å²) in [7, 11) is 4.85. The molecule has 0 spiro atoms. The van der Waals surface area contributed by atoms with Gasteiger partial charge in [0.05, 0.1) is 24.5 Å². The van der Waals surface area contributed by atoms with Crippen LogP contribution in [-0.2, 0) is 14.3 Å². The van der Waals surface area contributed by atoms with Crippen molar-refractivity contribution >= 4 is 34.7 Å². The molecule has 0 saturated heterocycles. The zero-order valence-corrected chi connectivity index (χ0v) is 19.2. The largest absolute Gasteiger partial charge is 0.478 e. The first kappa shape index (κ1) is 24.1. The number of anilines is 1. The Labute approximate surface area is 192 Å². The highest BCUT2D eigenvalue weighted by Crippen LogP contribution is 2.27. The van der Waals surface area contributed by atoms with E-state index in [0.717, 1.165) is 11.3 Å². The third kappa shape index (κ3) is 5.44. The van der Waals surface area contributed by atoms with E-state index < -0.39 is 11.9 Å². The van der Waals surface area contributed by atoms with Crippen LogP contribution in [0.4, 0.5) is 11.4 Å². The minimum atomic E-state index is -1.10. The van der Waals surface area contributed by atoms with E-state index in [1.165, 1.54) is 18.1 Å². The number of hydrazone groups is 1. The summed E-state index contributed by atoms with van der Waals surface area (Å²) in [4.78, 5) is 31.3. The van der Waals surface area contributed by atoms with Gasteiger partial charge in [0.25, 0.3) is 5.91 Å². The van der Waals surface area contributed by atoms with E-state index in [0.29, 0.717) is 37.6 Å². The summed E-state index contributed by atoms with van der Waals surface area (Å²) in [6.45, 7) is 4.49. The van der Waals surface area contributed by atoms with Crippen LogP contribution in [0, 0.1) is 6.92 Å². The molecule has 2 aromatic carbocycles. The number of ether oxygens (including phenoxy) is 2. The Morgan fingerprint density at radius 2 is 1.79 bits per heavy atom. The number of carboxylic acid groups (broad SMARTS) is 1. The molecule has 9 nitrogen and oxygen atoms in total. The van der Waals surface area contributed by atoms with Gasteiger partial charge in [-0.2, -0.15) is 5.10 Å². The van der Waals surface area contributed by atoms with E-state index in [1.54, 1.807) is 32.4 Å². The summed E-state index contributed by atoms with van der Waals surface area (Å²) < 4.78 is 10.4. The Kier molecular flexibility index (Phi) is 7.92. The molecule has 1 aliphatic heterocycles. The quantitative estimate of drug-likeness (QED) is 0.595. The van der Waals surface area contributed by atoms with Crippen LogP contribution in [0.25, 0.3) is 0 Å². The number of benzene rings is 2. The topological polar surface area (TPSA) is 104 Å². The number of hydrogen-bond acceptors (Lipinski definition) is 7. The molecule has 0 fully saturated rings. The van der Waals surface area contributed by atoms with E-state index >= 15 is 0 Å². The molecule has 0 aliphatic carbocycles. The number of hydrogen-bond donors (Lipinski definition) is 1. The van der Waals surface area contributed by atoms with Gasteiger partial charge in [0, 0.05) is 45.6 Å². The molecule has 0 radical (unpaired) electrons. The van der Waals surface area contributed by atoms with Crippen molar-refractivity contribution in [3.8, 4) is 0 Å². The van der Waals surface area contributed by atoms with Gasteiger partial charge in [-0.3, -0.25) is 4.79 Å². The normalized spacial score (nSPS) is 14.7. The Bertz CT molecular complexity index is 1090. The first-order valence-electron chi connectivity index (χ1n) is 10.5. The molecule has 1 aliphatic rings. The maximum atomic E-state index is 12.8. The molecule has 0 saturated carbocycles. The van der Waals surface area contributed by atoms with Gasteiger partial charge in [0.15, 0.2) is 5.71 Å². The van der Waals surface area contributed by atoms with Gasteiger partial charge in [-0.25, -0.2) is 14.8 Å². The zero-order chi connectivity index (χ0) is 24.0. The van der Waals surface area contributed by atoms with Gasteiger partial charge >= 0.3 is 5.97 Å². The number of nitrogens with zero attached hydrogens (tertiary/aromatic N) is 4. The summed E-state index contributed by atoms with van der Waals surface area (Å²) in [5.74, 6) is -1.49. The second-order valence-corrected chi connectivity index (χ2v) is 7.53. The molecular weight excluding hydrogens is 424 g/mol. The van der Waals surface area contributed by atoms with Crippen molar-refractivity contribution in [2.45, 2.75) is 6.92 Å². The molecule has 2 aromatic rings. The molecule has 1 amide bonds. The van der Waals surface area contributed by atoms with Crippen LogP contribution >= 0.6 is 0 Å². The first-order valence-corrected chi connectivity index (χ1v) is 10.5. The average molecular weight is 453 g/mol. The lowest BCUT2D eigenvalue weighted by Gasteiger charge is -2.25. The Morgan fingerprint density at radius 3 is 2.39 bits per heavy atom. The molecule has 174 valence electrons. The Balaban J connectivity index is 1.98. The van der Waals surface area contributed by atoms with Crippen LogP contribution in [0.3, 0.4) is 0 Å². The molecule has 0 unspecified atom stereocenters. The summed E-state index contributed by atoms with van der Waals surface area (Å²) >= 11 is 0. The number of aliphatic imine (C=N–C) groups is 1. The van der Waals surface area contributed by atoms with Gasteiger partial charge in [-0.05, 0) is 36.8 Å². The fourth-order valence-electron chi connectivity index (χ4n) is 3.51. The monoisotopic (exact) mass is 452 g/mol. The van der Waals surface area contributed by atoms with Gasteiger partial charge < -0.3 is 19.5 Å². The van der Waals surface area contributed by atoms with E-state index in [-0.39, 0.29) is 17.0 Å². The second kappa shape index (κ2) is 10.8. The van der Waals surface area contributed by atoms with Crippen LogP contribution in [0.1, 0.15) is 21.5 Å². The average Bonchev–Trinajstić information content (AvgIpc) is 3.08. The van der Waals surface area contributed by atoms with Crippen molar-refractivity contribution < 1.29 is 24.2 Å². The van der Waals surface area contributed by atoms with E-state index in [9.17, 15) is 14.7 Å². The molecule has 0 bridgehead atoms. The summed E-state index contributed by atoms with van der Waals surface area (Å²) in [5.41, 5.74) is 3.23. The minimum Gasteiger partial charge on any atom is -0.478 e. The van der Waals surface area contributed by atoms with Crippen molar-refractivity contribution in [1.82, 2.24) is 5.01 Å². The minimum absolute atomic E-state index is 0.0612. The predicted molar refractivity (Wildman–Crippen MR) is 127 cm³/mol. The maximum absolute atomic E-state index is 12.8. The summed E-state index contributed by atoms with van der Waals surface area (Å²) in [6, 6.07) is 12.2. The van der Waals surface area contributed by atoms with Crippen LogP contribution < -0.4 is 4.90 Å². The molecular formula is C24H28N4O5. The number of aryl methyl sites for hydroxylation is 1. The number of carbonyl (C=O) groups excluding carboxylic acids is 1. The number of amides is 1. The van der Waals surface area contributed by atoms with Crippen molar-refractivity contribution in [1.29, 1.82) is 0 Å². The number of aromatic carboxylic acids is 1. The highest BCUT2D eigenvalue weighted by atomic mass is 16.5. The smallest absolute Gasteiger partial charge is 0.336 e. The van der Waals surface area contributed by atoms with Crippen LogP contribution in [0.2, 0.25) is 0 Å². The molecule has 0 atom stereocenters. The number of carboxylic acids is 1. The lowest BCUT2D eigenvalue weighted by Crippen LogP contribution is -2.30. The van der Waals surface area contributed by atoms with Gasteiger partial charge in [-0.1, -0.05) is 18.2 Å². The first-order chi connectivity index (χ1) is 15.9. The van der Waals surface area contributed by atoms with Crippen LogP contribution in [0.5, 0.6) is 0 Å². The third-order valence-electron chi connectivity index (χ3n) is 5.29. The van der Waals surface area contributed by atoms with Gasteiger partial charge in [0.1, 0.15) is 5.71 Å². The van der Waals surface area contributed by atoms with E-state index in [4.69, 9.17) is 9.47 Å². The van der Waals surface area contributed by atoms with Crippen molar-refractivity contribution in [3.63, 3.8) is 0 Å². The molecule has 1 heterocycles. The Morgan fingerprint density at radius 1 is 1.12 bits per heavy atom. The maximum Gasteiger partial charge on any atom is 0.336 e. The molecule has 3 rings (SSSR count). The van der Waals surface area contributed by atoms with Crippen molar-refractivity contribution in [2.24, 2.45) is 10.1 Å². The summed E-state index contributed by atoms with van der Waals surface area (Å²) in [6.07, 6.45) is 0. The van der Waals surface area contributed by atoms with Crippen molar-refractivity contribution in [3.05, 3.63) is 59.2 Å². The van der Waals surface area contributed by atoms with E-state index in [1.807, 2.05) is 25.1 Å². The molecule has 1 N–H and O–H groups in total. The number of methoxy groups -OCH3 is 2. The Hall–Kier alpha value is -3.56. The third-order valence-corrected chi connectivity index (χ3v) is 5.29. The molecule has 33 heavy (non-hydrogen) atoms. The number of carbonyl (C=O) groups is 2. The van der Waals surface area contributed by atoms with Crippen LogP contribution in [0.15, 0.2) is 52.6 Å². The lowest BCUT2D eigenvalue weighted by atomic mass is 10.00. The fraction of sp³-hybridized carbons (Fsp3) is 0.333. The zero-order valence-electron chi connectivity index (χ0n) is 19.2. The lowest BCUT2D eigenvalue weighted by molar-refractivity contribution is -0.122. The van der Waals surface area contributed by atoms with Crippen molar-refractivity contribution in [2.75, 3.05) is 52.5 Å². The highest BCUT2D eigenvalue weighted by molar-refractivity contribution is 6.72. The standard InChI is InChI=1S/C24H28N4O5/c1-16-15-17(28(11-13-32-3)12-14-33-4)9-10-20(16)25-22-21(26-27(2)23(22)29)18-7-5-6-8-19(18)24(30)31/h5-10,15H,11-14H2,1-4H3,(H,30,31). The SMILES string of the molecule is COCCN(CCOC)c1ccc(N=C2C(=O)N(C)N=C2c2ccccc2C(=O)O)c(C)c1. The predicted octanol–water partition coefficient (Wildman–Crippen LogP) is 2.74. The van der Waals surface area contributed by atoms with E-state index in [2.05, 4.69) is 15.0 Å². The molecule has 0 aromatic heterocycles. The van der Waals surface area contributed by atoms with Gasteiger partial charge in [-0.15, -0.1) is 0 Å². The summed E-state index contributed by atoms with van der Waals surface area (Å²) in [5, 5.41) is 15.0. The van der Waals surface area contributed by atoms with Crippen LogP contribution in [-0.4, -0.2) is 81.0 Å². The number of rotatable bonds is 10. The fourth-order valence-corrected chi connectivity index (χ4v) is 3.51. The molecule has 9 heteroatoms. The van der Waals surface area contributed by atoms with Gasteiger partial charge in [0.2, 0.25) is 0 Å². The second-order valence-electron chi connectivity index (χ2n) is 7.53.